The van der Waals surface area contributed by atoms with Crippen LogP contribution in [0.4, 0.5) is 0 Å². The van der Waals surface area contributed by atoms with Gasteiger partial charge in [0.15, 0.2) is 0 Å². The monoisotopic (exact) mass is 248 g/mol. The lowest BCUT2D eigenvalue weighted by molar-refractivity contribution is 0.477. The number of nitrogens with zero attached hydrogens (tertiary/aromatic N) is 2. The molecule has 0 atom stereocenters. The van der Waals surface area contributed by atoms with Crippen molar-refractivity contribution in [3.05, 3.63) is 67.0 Å². The van der Waals surface area contributed by atoms with Gasteiger partial charge in [0, 0.05) is 11.1 Å². The normalized spacial score (nSPS) is 10.3. The SMILES string of the molecule is Oc1ccccc1-c1cc(-c2ccccc2)ncn1. The molecular weight excluding hydrogens is 236 g/mol. The van der Waals surface area contributed by atoms with Gasteiger partial charge in [-0.25, -0.2) is 9.97 Å². The smallest absolute Gasteiger partial charge is 0.124 e. The molecule has 19 heavy (non-hydrogen) atoms. The predicted molar refractivity (Wildman–Crippen MR) is 74.6 cm³/mol. The van der Waals surface area contributed by atoms with Gasteiger partial charge in [-0.1, -0.05) is 42.5 Å². The molecular formula is C16H12N2O. The molecule has 0 amide bonds. The molecule has 1 aromatic heterocycles. The lowest BCUT2D eigenvalue weighted by Gasteiger charge is -2.05. The molecule has 0 bridgehead atoms. The number of aromatic hydroxyl groups is 1. The first kappa shape index (κ1) is 11.4. The molecule has 0 fully saturated rings. The average Bonchev–Trinajstić information content (AvgIpc) is 2.49. The molecule has 0 aliphatic rings. The Bertz CT molecular complexity index is 696. The zero-order valence-electron chi connectivity index (χ0n) is 10.2. The number of hydrogen-bond acceptors (Lipinski definition) is 3. The van der Waals surface area contributed by atoms with Gasteiger partial charge in [0.05, 0.1) is 11.4 Å². The van der Waals surface area contributed by atoms with Crippen molar-refractivity contribution in [2.45, 2.75) is 0 Å². The van der Waals surface area contributed by atoms with Crippen LogP contribution in [0.3, 0.4) is 0 Å². The van der Waals surface area contributed by atoms with E-state index in [2.05, 4.69) is 9.97 Å². The molecule has 3 nitrogen and oxygen atoms in total. The Balaban J connectivity index is 2.09. The minimum Gasteiger partial charge on any atom is -0.507 e. The highest BCUT2D eigenvalue weighted by molar-refractivity contribution is 5.71. The summed E-state index contributed by atoms with van der Waals surface area (Å²) < 4.78 is 0. The first-order chi connectivity index (χ1) is 9.34. The minimum absolute atomic E-state index is 0.222. The van der Waals surface area contributed by atoms with Crippen LogP contribution in [-0.4, -0.2) is 15.1 Å². The van der Waals surface area contributed by atoms with Gasteiger partial charge in [0.2, 0.25) is 0 Å². The lowest BCUT2D eigenvalue weighted by atomic mass is 10.1. The molecule has 0 aliphatic heterocycles. The van der Waals surface area contributed by atoms with Crippen molar-refractivity contribution in [1.29, 1.82) is 0 Å². The van der Waals surface area contributed by atoms with E-state index in [9.17, 15) is 5.11 Å². The number of hydrogen-bond donors (Lipinski definition) is 1. The summed E-state index contributed by atoms with van der Waals surface area (Å²) in [5.41, 5.74) is 3.30. The minimum atomic E-state index is 0.222. The highest BCUT2D eigenvalue weighted by Gasteiger charge is 2.07. The first-order valence-corrected chi connectivity index (χ1v) is 6.00. The Morgan fingerprint density at radius 3 is 2.21 bits per heavy atom. The fraction of sp³-hybridized carbons (Fsp3) is 0. The molecule has 1 heterocycles. The molecule has 3 aromatic rings. The number of aromatic nitrogens is 2. The molecule has 3 rings (SSSR count). The average molecular weight is 248 g/mol. The van der Waals surface area contributed by atoms with Crippen molar-refractivity contribution in [2.75, 3.05) is 0 Å². The van der Waals surface area contributed by atoms with Crippen molar-refractivity contribution in [1.82, 2.24) is 9.97 Å². The van der Waals surface area contributed by atoms with Crippen LogP contribution < -0.4 is 0 Å². The number of benzene rings is 2. The molecule has 0 radical (unpaired) electrons. The largest absolute Gasteiger partial charge is 0.507 e. The van der Waals surface area contributed by atoms with Crippen LogP contribution in [0.5, 0.6) is 5.75 Å². The van der Waals surface area contributed by atoms with Gasteiger partial charge >= 0.3 is 0 Å². The van der Waals surface area contributed by atoms with Crippen LogP contribution in [0.2, 0.25) is 0 Å². The molecule has 0 unspecified atom stereocenters. The van der Waals surface area contributed by atoms with E-state index in [1.807, 2.05) is 48.5 Å². The van der Waals surface area contributed by atoms with Gasteiger partial charge < -0.3 is 5.11 Å². The zero-order valence-corrected chi connectivity index (χ0v) is 10.2. The Labute approximate surface area is 111 Å². The van der Waals surface area contributed by atoms with E-state index in [-0.39, 0.29) is 5.75 Å². The maximum Gasteiger partial charge on any atom is 0.124 e. The van der Waals surface area contributed by atoms with Gasteiger partial charge in [0.25, 0.3) is 0 Å². The molecule has 3 heteroatoms. The van der Waals surface area contributed by atoms with E-state index < -0.39 is 0 Å². The van der Waals surface area contributed by atoms with Crippen LogP contribution in [-0.2, 0) is 0 Å². The molecule has 0 saturated carbocycles. The van der Waals surface area contributed by atoms with Crippen LogP contribution >= 0.6 is 0 Å². The summed E-state index contributed by atoms with van der Waals surface area (Å²) in [5.74, 6) is 0.222. The lowest BCUT2D eigenvalue weighted by Crippen LogP contribution is -1.89. The fourth-order valence-electron chi connectivity index (χ4n) is 1.96. The van der Waals surface area contributed by atoms with E-state index in [1.54, 1.807) is 12.1 Å². The zero-order chi connectivity index (χ0) is 13.1. The Morgan fingerprint density at radius 2 is 1.42 bits per heavy atom. The van der Waals surface area contributed by atoms with E-state index in [4.69, 9.17) is 0 Å². The fourth-order valence-corrected chi connectivity index (χ4v) is 1.96. The summed E-state index contributed by atoms with van der Waals surface area (Å²) in [6.07, 6.45) is 1.52. The Morgan fingerprint density at radius 1 is 0.737 bits per heavy atom. The van der Waals surface area contributed by atoms with Crippen molar-refractivity contribution in [2.24, 2.45) is 0 Å². The quantitative estimate of drug-likeness (QED) is 0.754. The van der Waals surface area contributed by atoms with E-state index in [0.29, 0.717) is 11.3 Å². The second-order valence-electron chi connectivity index (χ2n) is 4.17. The molecule has 0 aliphatic carbocycles. The topological polar surface area (TPSA) is 46.0 Å². The summed E-state index contributed by atoms with van der Waals surface area (Å²) in [4.78, 5) is 8.50. The summed E-state index contributed by atoms with van der Waals surface area (Å²) in [6.45, 7) is 0. The number of phenolic OH excluding ortho intramolecular Hbond substituents is 1. The second-order valence-corrected chi connectivity index (χ2v) is 4.17. The van der Waals surface area contributed by atoms with Crippen molar-refractivity contribution in [3.63, 3.8) is 0 Å². The van der Waals surface area contributed by atoms with Crippen molar-refractivity contribution in [3.8, 4) is 28.3 Å². The number of rotatable bonds is 2. The third kappa shape index (κ3) is 2.31. The standard InChI is InChI=1S/C16H12N2O/c19-16-9-5-4-8-13(16)15-10-14(17-11-18-15)12-6-2-1-3-7-12/h1-11,19H. The third-order valence-electron chi connectivity index (χ3n) is 2.92. The maximum atomic E-state index is 9.86. The Kier molecular flexibility index (Phi) is 2.94. The molecule has 92 valence electrons. The molecule has 1 N–H and O–H groups in total. The summed E-state index contributed by atoms with van der Waals surface area (Å²) in [5, 5.41) is 9.86. The summed E-state index contributed by atoms with van der Waals surface area (Å²) in [6, 6.07) is 18.9. The van der Waals surface area contributed by atoms with Crippen molar-refractivity contribution < 1.29 is 5.11 Å². The highest BCUT2D eigenvalue weighted by Crippen LogP contribution is 2.28. The van der Waals surface area contributed by atoms with Crippen LogP contribution in [0.15, 0.2) is 67.0 Å². The number of phenols is 1. The van der Waals surface area contributed by atoms with Gasteiger partial charge in [-0.15, -0.1) is 0 Å². The first-order valence-electron chi connectivity index (χ1n) is 6.00. The molecule has 0 spiro atoms. The highest BCUT2D eigenvalue weighted by atomic mass is 16.3. The summed E-state index contributed by atoms with van der Waals surface area (Å²) >= 11 is 0. The Hall–Kier alpha value is -2.68. The molecule has 2 aromatic carbocycles. The van der Waals surface area contributed by atoms with E-state index in [1.165, 1.54) is 6.33 Å². The van der Waals surface area contributed by atoms with Crippen LogP contribution in [0.25, 0.3) is 22.5 Å². The van der Waals surface area contributed by atoms with Gasteiger partial charge in [-0.05, 0) is 18.2 Å². The third-order valence-corrected chi connectivity index (χ3v) is 2.92. The number of para-hydroxylation sites is 1. The predicted octanol–water partition coefficient (Wildman–Crippen LogP) is 3.52. The summed E-state index contributed by atoms with van der Waals surface area (Å²) in [7, 11) is 0. The maximum absolute atomic E-state index is 9.86. The van der Waals surface area contributed by atoms with Crippen molar-refractivity contribution >= 4 is 0 Å². The van der Waals surface area contributed by atoms with Crippen LogP contribution in [0, 0.1) is 0 Å². The van der Waals surface area contributed by atoms with Crippen LogP contribution in [0.1, 0.15) is 0 Å². The van der Waals surface area contributed by atoms with E-state index >= 15 is 0 Å². The molecule has 0 saturated heterocycles. The van der Waals surface area contributed by atoms with Gasteiger partial charge in [-0.3, -0.25) is 0 Å². The van der Waals surface area contributed by atoms with E-state index in [0.717, 1.165) is 11.3 Å². The van der Waals surface area contributed by atoms with Gasteiger partial charge in [-0.2, -0.15) is 0 Å². The second kappa shape index (κ2) is 4.90. The van der Waals surface area contributed by atoms with Gasteiger partial charge in [0.1, 0.15) is 12.1 Å².